The number of halogens is 1. The molecule has 41 heavy (non-hydrogen) atoms. The zero-order chi connectivity index (χ0) is 29.0. The van der Waals surface area contributed by atoms with Gasteiger partial charge in [0.1, 0.15) is 11.4 Å². The number of rotatable bonds is 0. The highest BCUT2D eigenvalue weighted by Crippen LogP contribution is 2.46. The fourth-order valence-electron chi connectivity index (χ4n) is 6.85. The molecule has 10 heteroatoms. The van der Waals surface area contributed by atoms with Gasteiger partial charge >= 0.3 is 0 Å². The summed E-state index contributed by atoms with van der Waals surface area (Å²) >= 11 is 6.38. The lowest BCUT2D eigenvalue weighted by atomic mass is 9.68. The summed E-state index contributed by atoms with van der Waals surface area (Å²) in [6.07, 6.45) is 8.81. The number of ether oxygens (including phenoxy) is 2. The van der Waals surface area contributed by atoms with Crippen molar-refractivity contribution < 1.29 is 22.7 Å². The molecule has 2 aromatic rings. The fourth-order valence-corrected chi connectivity index (χ4v) is 8.17. The van der Waals surface area contributed by atoms with Gasteiger partial charge in [0.15, 0.2) is 0 Å². The first-order valence-corrected chi connectivity index (χ1v) is 16.3. The number of nitrogens with two attached hydrogens (primary N) is 1. The van der Waals surface area contributed by atoms with Crippen LogP contribution in [0.1, 0.15) is 50.7 Å². The topological polar surface area (TPSA) is 111 Å². The molecular weight excluding hydrogens is 562 g/mol. The highest BCUT2D eigenvalue weighted by atomic mass is 35.5. The van der Waals surface area contributed by atoms with Crippen molar-refractivity contribution >= 4 is 33.2 Å². The largest absolute Gasteiger partial charge is 0.490 e. The molecule has 2 heterocycles. The molecule has 0 radical (unpaired) electrons. The van der Waals surface area contributed by atoms with Crippen molar-refractivity contribution in [2.24, 2.45) is 17.6 Å². The molecule has 220 valence electrons. The Kier molecular flexibility index (Phi) is 7.37. The van der Waals surface area contributed by atoms with Gasteiger partial charge in [-0.3, -0.25) is 4.79 Å². The number of nitrogens with one attached hydrogen (secondary N) is 1. The van der Waals surface area contributed by atoms with Gasteiger partial charge in [-0.1, -0.05) is 29.8 Å². The van der Waals surface area contributed by atoms with Crippen molar-refractivity contribution in [3.63, 3.8) is 0 Å². The van der Waals surface area contributed by atoms with Gasteiger partial charge in [0.05, 0.1) is 23.8 Å². The van der Waals surface area contributed by atoms with Crippen molar-refractivity contribution in [1.29, 1.82) is 0 Å². The summed E-state index contributed by atoms with van der Waals surface area (Å²) in [7, 11) is -4.16. The number of anilines is 1. The number of aryl methyl sites for hydroxylation is 1. The lowest BCUT2D eigenvalue weighted by Crippen LogP contribution is -2.50. The minimum atomic E-state index is -4.16. The molecule has 4 atom stereocenters. The maximum Gasteiger partial charge on any atom is 0.265 e. The van der Waals surface area contributed by atoms with Crippen LogP contribution in [-0.4, -0.2) is 52.3 Å². The zero-order valence-electron chi connectivity index (χ0n) is 23.6. The van der Waals surface area contributed by atoms with E-state index in [4.69, 9.17) is 26.8 Å². The molecule has 1 saturated carbocycles. The molecule has 1 fully saturated rings. The lowest BCUT2D eigenvalue weighted by molar-refractivity contribution is -0.139. The molecule has 6 rings (SSSR count). The SMILES string of the molecule is CC1(C)OC/C=C/[C@H](N)[C@@H]2CC[C@H]2CN2C[C@@]3(CCCc4cc(Cl)ccc43)COc3ccc(cc32)S(=O)(=O)NC1=O. The normalized spacial score (nSPS) is 31.5. The monoisotopic (exact) mass is 599 g/mol. The minimum Gasteiger partial charge on any atom is -0.490 e. The predicted octanol–water partition coefficient (Wildman–Crippen LogP) is 4.34. The third-order valence-electron chi connectivity index (χ3n) is 9.42. The second kappa shape index (κ2) is 10.6. The van der Waals surface area contributed by atoms with E-state index in [2.05, 4.69) is 21.8 Å². The fraction of sp³-hybridized carbons (Fsp3) is 0.516. The van der Waals surface area contributed by atoms with E-state index in [1.807, 2.05) is 18.2 Å². The van der Waals surface area contributed by atoms with Crippen molar-refractivity contribution in [1.82, 2.24) is 4.72 Å². The number of hydrogen-bond donors (Lipinski definition) is 2. The molecule has 4 aliphatic rings. The Morgan fingerprint density at radius 2 is 1.98 bits per heavy atom. The number of hydrogen-bond acceptors (Lipinski definition) is 7. The Balaban J connectivity index is 1.44. The number of carbonyl (C=O) groups is 1. The summed E-state index contributed by atoms with van der Waals surface area (Å²) in [6, 6.07) is 10.9. The molecule has 1 spiro atoms. The average molecular weight is 600 g/mol. The van der Waals surface area contributed by atoms with Gasteiger partial charge in [-0.25, -0.2) is 13.1 Å². The van der Waals surface area contributed by atoms with Crippen LogP contribution in [0.2, 0.25) is 5.02 Å². The first-order valence-electron chi connectivity index (χ1n) is 14.4. The number of amides is 1. The van der Waals surface area contributed by atoms with E-state index in [1.165, 1.54) is 17.2 Å². The highest BCUT2D eigenvalue weighted by molar-refractivity contribution is 7.90. The van der Waals surface area contributed by atoms with Crippen molar-refractivity contribution in [2.75, 3.05) is 31.2 Å². The second-order valence-electron chi connectivity index (χ2n) is 12.5. The summed E-state index contributed by atoms with van der Waals surface area (Å²) in [4.78, 5) is 15.3. The van der Waals surface area contributed by atoms with Crippen LogP contribution in [0.5, 0.6) is 5.75 Å². The van der Waals surface area contributed by atoms with Gasteiger partial charge in [-0.15, -0.1) is 0 Å². The summed E-state index contributed by atoms with van der Waals surface area (Å²) < 4.78 is 41.3. The highest BCUT2D eigenvalue weighted by Gasteiger charge is 2.44. The summed E-state index contributed by atoms with van der Waals surface area (Å²) in [5.41, 5.74) is 8.22. The Morgan fingerprint density at radius 1 is 1.15 bits per heavy atom. The van der Waals surface area contributed by atoms with Gasteiger partial charge in [0, 0.05) is 29.6 Å². The van der Waals surface area contributed by atoms with Gasteiger partial charge in [0.25, 0.3) is 15.9 Å². The van der Waals surface area contributed by atoms with Crippen LogP contribution in [0.15, 0.2) is 53.4 Å². The van der Waals surface area contributed by atoms with Gasteiger partial charge in [-0.05, 0) is 99.2 Å². The molecule has 0 unspecified atom stereocenters. The maximum absolute atomic E-state index is 13.4. The van der Waals surface area contributed by atoms with Crippen LogP contribution in [0.3, 0.4) is 0 Å². The van der Waals surface area contributed by atoms with Gasteiger partial charge in [0.2, 0.25) is 0 Å². The predicted molar refractivity (Wildman–Crippen MR) is 159 cm³/mol. The molecule has 2 bridgehead atoms. The van der Waals surface area contributed by atoms with E-state index in [0.29, 0.717) is 30.7 Å². The summed E-state index contributed by atoms with van der Waals surface area (Å²) in [5.74, 6) is 0.540. The smallest absolute Gasteiger partial charge is 0.265 e. The van der Waals surface area contributed by atoms with Crippen LogP contribution in [0, 0.1) is 11.8 Å². The summed E-state index contributed by atoms with van der Waals surface area (Å²) in [6.45, 7) is 5.15. The van der Waals surface area contributed by atoms with Crippen LogP contribution < -0.4 is 20.1 Å². The zero-order valence-corrected chi connectivity index (χ0v) is 25.1. The van der Waals surface area contributed by atoms with Crippen LogP contribution >= 0.6 is 11.6 Å². The molecule has 2 aromatic carbocycles. The Labute approximate surface area is 247 Å². The Bertz CT molecular complexity index is 1490. The molecule has 2 aliphatic heterocycles. The third-order valence-corrected chi connectivity index (χ3v) is 11.0. The van der Waals surface area contributed by atoms with Crippen LogP contribution in [-0.2, 0) is 31.4 Å². The molecule has 0 saturated heterocycles. The van der Waals surface area contributed by atoms with Gasteiger partial charge in [-0.2, -0.15) is 0 Å². The van der Waals surface area contributed by atoms with E-state index >= 15 is 0 Å². The number of nitrogens with zero attached hydrogens (tertiary/aromatic N) is 1. The molecule has 8 nitrogen and oxygen atoms in total. The van der Waals surface area contributed by atoms with E-state index in [0.717, 1.165) is 49.4 Å². The van der Waals surface area contributed by atoms with Crippen molar-refractivity contribution in [3.05, 3.63) is 64.7 Å². The van der Waals surface area contributed by atoms with Crippen molar-refractivity contribution in [2.45, 2.75) is 67.9 Å². The van der Waals surface area contributed by atoms with Crippen LogP contribution in [0.4, 0.5) is 5.69 Å². The van der Waals surface area contributed by atoms with Crippen LogP contribution in [0.25, 0.3) is 0 Å². The number of carbonyl (C=O) groups excluding carboxylic acids is 1. The number of fused-ring (bicyclic) bond motifs is 4. The third kappa shape index (κ3) is 5.38. The number of benzene rings is 2. The van der Waals surface area contributed by atoms with E-state index in [9.17, 15) is 13.2 Å². The standard InChI is InChI=1S/C31H38ClN3O5S/c1-30(2)29(36)34-41(37,38)23-9-12-28-27(16-23)35(17-21-7-10-24(21)26(33)6-4-14-40-30)18-31(19-39-28)13-3-5-20-15-22(32)8-11-25(20)31/h4,6,8-9,11-12,15-16,21,24,26H,3,5,7,10,13-14,17-19,33H2,1-2H3,(H,34,36)/b6-4+/t21-,24+,26-,31-/m0/s1. The van der Waals surface area contributed by atoms with Gasteiger partial charge < -0.3 is 20.1 Å². The molecule has 1 amide bonds. The quantitative estimate of drug-likeness (QED) is 0.434. The summed E-state index contributed by atoms with van der Waals surface area (Å²) in [5, 5.41) is 0.730. The Hall–Kier alpha value is -2.59. The Morgan fingerprint density at radius 3 is 2.76 bits per heavy atom. The average Bonchev–Trinajstić information content (AvgIpc) is 3.05. The molecule has 0 aromatic heterocycles. The number of sulfonamides is 1. The van der Waals surface area contributed by atoms with E-state index < -0.39 is 21.5 Å². The molecule has 3 N–H and O–H groups in total. The van der Waals surface area contributed by atoms with Crippen molar-refractivity contribution in [3.8, 4) is 5.75 Å². The van der Waals surface area contributed by atoms with E-state index in [-0.39, 0.29) is 23.0 Å². The minimum absolute atomic E-state index is 0.00891. The van der Waals surface area contributed by atoms with E-state index in [1.54, 1.807) is 26.0 Å². The first kappa shape index (κ1) is 28.5. The molecular formula is C31H38ClN3O5S. The lowest BCUT2D eigenvalue weighted by Gasteiger charge is -2.45. The second-order valence-corrected chi connectivity index (χ2v) is 14.6. The molecule has 2 aliphatic carbocycles. The first-order chi connectivity index (χ1) is 19.5. The maximum atomic E-state index is 13.4.